The first-order valence-corrected chi connectivity index (χ1v) is 29.6. The standard InChI is InChI=1S/C62H97N9O14/c1-20-71-47-23-21-43(49(72)63-25-29-65(51(74)80-57(2,3)4)33-37-69(55(78)84-61(14,15)16)38-34-66(30-26-63)52(75)81-58(5,6)7)41-45(47)46-42-44(22-24-48(46)71)50(73)64-27-31-67(53(76)82-59(8,9)10)35-39-70(56(79)85-62(17,18)19)40-36-68(32-28-64)54(77)83-60(11,12)13/h21-24,41-42H,20,25-40H2,1-19H3. The van der Waals surface area contributed by atoms with Gasteiger partial charge in [0.1, 0.15) is 33.6 Å². The van der Waals surface area contributed by atoms with E-state index in [1.807, 2.05) is 19.1 Å². The van der Waals surface area contributed by atoms with E-state index >= 15 is 9.59 Å². The maximum Gasteiger partial charge on any atom is 0.410 e. The first kappa shape index (κ1) is 68.6. The number of amides is 8. The Morgan fingerprint density at radius 3 is 0.647 bits per heavy atom. The van der Waals surface area contributed by atoms with Crippen molar-refractivity contribution in [3.8, 4) is 0 Å². The Morgan fingerprint density at radius 1 is 0.306 bits per heavy atom. The van der Waals surface area contributed by atoms with Crippen LogP contribution in [0.15, 0.2) is 36.4 Å². The second-order valence-corrected chi connectivity index (χ2v) is 27.6. The molecule has 3 aromatic rings. The van der Waals surface area contributed by atoms with Gasteiger partial charge in [-0.15, -0.1) is 0 Å². The topological polar surface area (TPSA) is 223 Å². The summed E-state index contributed by atoms with van der Waals surface area (Å²) in [5.74, 6) is -0.769. The minimum absolute atomic E-state index is 0.0181. The van der Waals surface area contributed by atoms with Crippen molar-refractivity contribution in [3.63, 3.8) is 0 Å². The lowest BCUT2D eigenvalue weighted by molar-refractivity contribution is 0.00471. The van der Waals surface area contributed by atoms with Crippen molar-refractivity contribution in [2.45, 2.75) is 172 Å². The summed E-state index contributed by atoms with van der Waals surface area (Å²) in [6, 6.07) is 10.8. The summed E-state index contributed by atoms with van der Waals surface area (Å²) in [4.78, 5) is 125. The Bertz CT molecular complexity index is 2600. The molecular formula is C62H97N9O14. The fourth-order valence-electron chi connectivity index (χ4n) is 9.36. The van der Waals surface area contributed by atoms with Crippen molar-refractivity contribution in [2.24, 2.45) is 0 Å². The minimum Gasteiger partial charge on any atom is -0.444 e. The first-order chi connectivity index (χ1) is 39.1. The largest absolute Gasteiger partial charge is 0.444 e. The van der Waals surface area contributed by atoms with Gasteiger partial charge in [-0.25, -0.2) is 28.8 Å². The molecule has 3 heterocycles. The number of benzene rings is 2. The lowest BCUT2D eigenvalue weighted by Gasteiger charge is -2.36. The van der Waals surface area contributed by atoms with Crippen molar-refractivity contribution in [1.82, 2.24) is 43.8 Å². The van der Waals surface area contributed by atoms with E-state index in [9.17, 15) is 28.8 Å². The van der Waals surface area contributed by atoms with E-state index in [2.05, 4.69) is 4.57 Å². The van der Waals surface area contributed by atoms with Gasteiger partial charge in [0.15, 0.2) is 0 Å². The van der Waals surface area contributed by atoms with Gasteiger partial charge in [0.25, 0.3) is 11.8 Å². The van der Waals surface area contributed by atoms with Gasteiger partial charge in [0.2, 0.25) is 0 Å². The van der Waals surface area contributed by atoms with Crippen LogP contribution in [0.3, 0.4) is 0 Å². The van der Waals surface area contributed by atoms with Gasteiger partial charge in [-0.05, 0) is 168 Å². The van der Waals surface area contributed by atoms with Crippen LogP contribution in [0.4, 0.5) is 28.8 Å². The molecule has 23 heteroatoms. The number of carbonyl (C=O) groups is 8. The maximum atomic E-state index is 15.1. The van der Waals surface area contributed by atoms with Crippen LogP contribution in [0.25, 0.3) is 21.8 Å². The molecule has 0 N–H and O–H groups in total. The zero-order valence-electron chi connectivity index (χ0n) is 54.2. The van der Waals surface area contributed by atoms with E-state index in [0.717, 1.165) is 11.0 Å². The summed E-state index contributed by atoms with van der Waals surface area (Å²) >= 11 is 0. The summed E-state index contributed by atoms with van der Waals surface area (Å²) in [6.45, 7) is 34.6. The Labute approximate surface area is 503 Å². The van der Waals surface area contributed by atoms with Gasteiger partial charge < -0.3 is 72.2 Å². The van der Waals surface area contributed by atoms with E-state index in [4.69, 9.17) is 28.4 Å². The SMILES string of the molecule is CCn1c2ccc(C(=O)N3CCN(C(=O)OC(C)(C)C)CCN(C(=O)OC(C)(C)C)CCN(C(=O)OC(C)(C)C)CC3)cc2c2cc(C(=O)N3CCN(C(=O)OC(C)(C)C)CCN(C(=O)OC(C)(C)C)CCN(C(=O)OC(C)(C)C)CC3)ccc21. The van der Waals surface area contributed by atoms with E-state index in [0.29, 0.717) is 28.4 Å². The molecule has 0 saturated carbocycles. The predicted molar refractivity (Wildman–Crippen MR) is 324 cm³/mol. The molecular weight excluding hydrogens is 1090 g/mol. The molecule has 5 rings (SSSR count). The predicted octanol–water partition coefficient (Wildman–Crippen LogP) is 10.1. The number of hydrogen-bond acceptors (Lipinski definition) is 14. The molecule has 2 aromatic carbocycles. The van der Waals surface area contributed by atoms with Gasteiger partial charge >= 0.3 is 36.6 Å². The summed E-state index contributed by atoms with van der Waals surface area (Å²) in [5.41, 5.74) is -2.80. The Morgan fingerprint density at radius 2 is 0.482 bits per heavy atom. The van der Waals surface area contributed by atoms with Crippen LogP contribution in [-0.2, 0) is 35.0 Å². The number of aryl methyl sites for hydroxylation is 1. The molecule has 85 heavy (non-hydrogen) atoms. The highest BCUT2D eigenvalue weighted by Crippen LogP contribution is 2.32. The highest BCUT2D eigenvalue weighted by Gasteiger charge is 2.34. The Balaban J connectivity index is 1.56. The fraction of sp³-hybridized carbons (Fsp3) is 0.677. The molecule has 23 nitrogen and oxygen atoms in total. The summed E-state index contributed by atoms with van der Waals surface area (Å²) in [5, 5.41) is 1.38. The molecule has 2 aliphatic heterocycles. The third kappa shape index (κ3) is 21.1. The number of aromatic nitrogens is 1. The van der Waals surface area contributed by atoms with E-state index in [-0.39, 0.29) is 117 Å². The molecule has 0 radical (unpaired) electrons. The Kier molecular flexibility index (Phi) is 22.1. The first-order valence-electron chi connectivity index (χ1n) is 29.6. The molecule has 0 aliphatic carbocycles. The van der Waals surface area contributed by atoms with Crippen LogP contribution in [0.2, 0.25) is 0 Å². The zero-order chi connectivity index (χ0) is 63.8. The lowest BCUT2D eigenvalue weighted by atomic mass is 10.1. The molecule has 0 atom stereocenters. The van der Waals surface area contributed by atoms with Crippen LogP contribution >= 0.6 is 0 Å². The van der Waals surface area contributed by atoms with Crippen molar-refractivity contribution in [2.75, 3.05) is 105 Å². The molecule has 0 unspecified atom stereocenters. The average molecular weight is 1190 g/mol. The van der Waals surface area contributed by atoms with Crippen LogP contribution in [-0.4, -0.2) is 230 Å². The second kappa shape index (κ2) is 27.4. The van der Waals surface area contributed by atoms with Gasteiger partial charge in [-0.2, -0.15) is 0 Å². The van der Waals surface area contributed by atoms with Crippen molar-refractivity contribution < 1.29 is 66.8 Å². The molecule has 2 fully saturated rings. The number of rotatable bonds is 3. The molecule has 2 saturated heterocycles. The summed E-state index contributed by atoms with van der Waals surface area (Å²) in [7, 11) is 0. The normalized spacial score (nSPS) is 16.6. The smallest absolute Gasteiger partial charge is 0.410 e. The van der Waals surface area contributed by atoms with Gasteiger partial charge in [-0.3, -0.25) is 9.59 Å². The van der Waals surface area contributed by atoms with E-state index in [1.165, 1.54) is 29.4 Å². The molecule has 0 spiro atoms. The number of hydrogen-bond donors (Lipinski definition) is 0. The third-order valence-electron chi connectivity index (χ3n) is 13.3. The molecule has 8 amide bonds. The molecule has 1 aromatic heterocycles. The van der Waals surface area contributed by atoms with E-state index < -0.39 is 70.2 Å². The van der Waals surface area contributed by atoms with E-state index in [1.54, 1.807) is 159 Å². The summed E-state index contributed by atoms with van der Waals surface area (Å²) in [6.07, 6.45) is -3.75. The Hall–Kier alpha value is -7.20. The van der Waals surface area contributed by atoms with Gasteiger partial charge in [0.05, 0.1) is 0 Å². The highest BCUT2D eigenvalue weighted by molar-refractivity contribution is 6.12. The van der Waals surface area contributed by atoms with Gasteiger partial charge in [0, 0.05) is 144 Å². The fourth-order valence-corrected chi connectivity index (χ4v) is 9.36. The van der Waals surface area contributed by atoms with Crippen LogP contribution in [0.1, 0.15) is 152 Å². The zero-order valence-corrected chi connectivity index (χ0v) is 54.2. The van der Waals surface area contributed by atoms with Crippen LogP contribution in [0, 0.1) is 0 Å². The highest BCUT2D eigenvalue weighted by atomic mass is 16.6. The number of nitrogens with zero attached hydrogens (tertiary/aromatic N) is 9. The third-order valence-corrected chi connectivity index (χ3v) is 13.3. The second-order valence-electron chi connectivity index (χ2n) is 27.6. The molecule has 474 valence electrons. The molecule has 2 aliphatic rings. The van der Waals surface area contributed by atoms with Crippen molar-refractivity contribution in [1.29, 1.82) is 0 Å². The van der Waals surface area contributed by atoms with Gasteiger partial charge in [-0.1, -0.05) is 0 Å². The van der Waals surface area contributed by atoms with Crippen LogP contribution in [0.5, 0.6) is 0 Å². The van der Waals surface area contributed by atoms with Crippen LogP contribution < -0.4 is 0 Å². The van der Waals surface area contributed by atoms with Crippen molar-refractivity contribution in [3.05, 3.63) is 47.5 Å². The molecule has 0 bridgehead atoms. The number of ether oxygens (including phenoxy) is 6. The lowest BCUT2D eigenvalue weighted by Crippen LogP contribution is -2.52. The minimum atomic E-state index is -0.850. The number of carbonyl (C=O) groups excluding carboxylic acids is 8. The maximum absolute atomic E-state index is 15.1. The van der Waals surface area contributed by atoms with Crippen molar-refractivity contribution >= 4 is 70.2 Å². The summed E-state index contributed by atoms with van der Waals surface area (Å²) < 4.78 is 36.9. The monoisotopic (exact) mass is 1190 g/mol. The average Bonchev–Trinajstić information content (AvgIpc) is 1.75. The quantitative estimate of drug-likeness (QED) is 0.223. The number of fused-ring (bicyclic) bond motifs is 3.